The maximum atomic E-state index is 10.1. The minimum atomic E-state index is -0.568. The van der Waals surface area contributed by atoms with Gasteiger partial charge in [0, 0.05) is 6.07 Å². The van der Waals surface area contributed by atoms with E-state index in [0.29, 0.717) is 23.8 Å². The lowest BCUT2D eigenvalue weighted by atomic mass is 9.95. The zero-order valence-corrected chi connectivity index (χ0v) is 11.5. The van der Waals surface area contributed by atoms with Crippen LogP contribution in [0.4, 0.5) is 0 Å². The van der Waals surface area contributed by atoms with E-state index in [1.165, 1.54) is 0 Å². The summed E-state index contributed by atoms with van der Waals surface area (Å²) in [4.78, 5) is 0. The average molecular weight is 253 g/mol. The maximum absolute atomic E-state index is 10.1. The van der Waals surface area contributed by atoms with Crippen molar-refractivity contribution in [2.75, 3.05) is 14.2 Å². The van der Waals surface area contributed by atoms with Gasteiger partial charge in [-0.15, -0.1) is 0 Å². The predicted molar refractivity (Wildman–Crippen MR) is 71.9 cm³/mol. The number of aliphatic hydroxyl groups excluding tert-OH is 1. The Balaban J connectivity index is 2.93. The van der Waals surface area contributed by atoms with Crippen LogP contribution in [0.2, 0.25) is 0 Å². The molecule has 0 aliphatic heterocycles. The minimum absolute atomic E-state index is 0.401. The molecule has 0 amide bonds. The first kappa shape index (κ1) is 14.8. The molecular formula is C14H23NO3. The molecule has 0 unspecified atom stereocenters. The van der Waals surface area contributed by atoms with E-state index in [-0.39, 0.29) is 0 Å². The van der Waals surface area contributed by atoms with Gasteiger partial charge in [0.05, 0.1) is 26.4 Å². The molecule has 1 rings (SSSR count). The summed E-state index contributed by atoms with van der Waals surface area (Å²) < 4.78 is 10.4. The van der Waals surface area contributed by atoms with Gasteiger partial charge in [0.15, 0.2) is 0 Å². The van der Waals surface area contributed by atoms with Gasteiger partial charge >= 0.3 is 0 Å². The summed E-state index contributed by atoms with van der Waals surface area (Å²) >= 11 is 0. The molecule has 0 aliphatic carbocycles. The second-order valence-electron chi connectivity index (χ2n) is 4.87. The smallest absolute Gasteiger partial charge is 0.122 e. The third-order valence-electron chi connectivity index (χ3n) is 2.89. The fourth-order valence-corrected chi connectivity index (χ4v) is 1.87. The van der Waals surface area contributed by atoms with Crippen LogP contribution in [0.5, 0.6) is 11.5 Å². The van der Waals surface area contributed by atoms with Crippen molar-refractivity contribution in [3.8, 4) is 11.5 Å². The Bertz CT molecular complexity index is 357. The van der Waals surface area contributed by atoms with Crippen molar-refractivity contribution in [3.05, 3.63) is 23.8 Å². The van der Waals surface area contributed by atoms with E-state index in [0.717, 1.165) is 5.56 Å². The number of aliphatic hydroxyl groups is 1. The van der Waals surface area contributed by atoms with Gasteiger partial charge in [0.25, 0.3) is 0 Å². The monoisotopic (exact) mass is 253 g/mol. The van der Waals surface area contributed by atoms with Crippen molar-refractivity contribution < 1.29 is 14.6 Å². The van der Waals surface area contributed by atoms with Crippen molar-refractivity contribution in [2.24, 2.45) is 11.7 Å². The Morgan fingerprint density at radius 3 is 2.00 bits per heavy atom. The van der Waals surface area contributed by atoms with E-state index in [4.69, 9.17) is 15.2 Å². The van der Waals surface area contributed by atoms with Gasteiger partial charge in [-0.25, -0.2) is 0 Å². The molecule has 102 valence electrons. The van der Waals surface area contributed by atoms with E-state index in [2.05, 4.69) is 13.8 Å². The fraction of sp³-hybridized carbons (Fsp3) is 0.571. The standard InChI is InChI=1S/C14H23NO3/c1-9(2)5-13(16)14(15)10-6-11(17-3)8-12(7-10)18-4/h6-9,13-14,16H,5,15H2,1-4H3/t13-,14+/m1/s1. The van der Waals surface area contributed by atoms with Gasteiger partial charge in [0.1, 0.15) is 11.5 Å². The highest BCUT2D eigenvalue weighted by atomic mass is 16.5. The first-order valence-electron chi connectivity index (χ1n) is 6.14. The minimum Gasteiger partial charge on any atom is -0.497 e. The van der Waals surface area contributed by atoms with Gasteiger partial charge < -0.3 is 20.3 Å². The lowest BCUT2D eigenvalue weighted by Gasteiger charge is -2.21. The molecule has 0 radical (unpaired) electrons. The zero-order valence-electron chi connectivity index (χ0n) is 11.5. The number of hydrogen-bond donors (Lipinski definition) is 2. The molecule has 0 heterocycles. The molecule has 0 aromatic heterocycles. The largest absolute Gasteiger partial charge is 0.497 e. The molecule has 0 saturated heterocycles. The zero-order chi connectivity index (χ0) is 13.7. The van der Waals surface area contributed by atoms with Crippen molar-refractivity contribution >= 4 is 0 Å². The first-order chi connectivity index (χ1) is 8.47. The lowest BCUT2D eigenvalue weighted by molar-refractivity contribution is 0.121. The highest BCUT2D eigenvalue weighted by Crippen LogP contribution is 2.28. The molecular weight excluding hydrogens is 230 g/mol. The molecule has 0 bridgehead atoms. The molecule has 2 atom stereocenters. The molecule has 0 aliphatic rings. The van der Waals surface area contributed by atoms with Gasteiger partial charge in [-0.05, 0) is 30.0 Å². The third kappa shape index (κ3) is 3.89. The summed E-state index contributed by atoms with van der Waals surface area (Å²) in [6, 6.07) is 5.01. The van der Waals surface area contributed by atoms with Gasteiger partial charge in [0.2, 0.25) is 0 Å². The number of methoxy groups -OCH3 is 2. The first-order valence-corrected chi connectivity index (χ1v) is 6.14. The lowest BCUT2D eigenvalue weighted by Crippen LogP contribution is -2.27. The van der Waals surface area contributed by atoms with E-state index < -0.39 is 12.1 Å². The Morgan fingerprint density at radius 2 is 1.61 bits per heavy atom. The molecule has 3 N–H and O–H groups in total. The quantitative estimate of drug-likeness (QED) is 0.815. The number of nitrogens with two attached hydrogens (primary N) is 1. The fourth-order valence-electron chi connectivity index (χ4n) is 1.87. The average Bonchev–Trinajstić information content (AvgIpc) is 2.36. The molecule has 18 heavy (non-hydrogen) atoms. The Morgan fingerprint density at radius 1 is 1.11 bits per heavy atom. The molecule has 0 fully saturated rings. The number of ether oxygens (including phenoxy) is 2. The number of rotatable bonds is 6. The number of benzene rings is 1. The molecule has 0 saturated carbocycles. The highest BCUT2D eigenvalue weighted by molar-refractivity contribution is 5.40. The summed E-state index contributed by atoms with van der Waals surface area (Å²) in [5.74, 6) is 1.76. The summed E-state index contributed by atoms with van der Waals surface area (Å²) in [5, 5.41) is 10.1. The summed E-state index contributed by atoms with van der Waals surface area (Å²) in [6.45, 7) is 4.12. The molecule has 4 nitrogen and oxygen atoms in total. The van der Waals surface area contributed by atoms with Crippen molar-refractivity contribution in [1.82, 2.24) is 0 Å². The third-order valence-corrected chi connectivity index (χ3v) is 2.89. The topological polar surface area (TPSA) is 64.7 Å². The van der Waals surface area contributed by atoms with E-state index >= 15 is 0 Å². The van der Waals surface area contributed by atoms with Crippen LogP contribution >= 0.6 is 0 Å². The SMILES string of the molecule is COc1cc(OC)cc([C@H](N)[C@H](O)CC(C)C)c1. The second-order valence-corrected chi connectivity index (χ2v) is 4.87. The van der Waals surface area contributed by atoms with Crippen LogP contribution in [-0.4, -0.2) is 25.4 Å². The summed E-state index contributed by atoms with van der Waals surface area (Å²) in [6.07, 6.45) is 0.0996. The maximum Gasteiger partial charge on any atom is 0.122 e. The highest BCUT2D eigenvalue weighted by Gasteiger charge is 2.19. The normalized spacial score (nSPS) is 14.4. The second kappa shape index (κ2) is 6.61. The van der Waals surface area contributed by atoms with Crippen LogP contribution in [0.3, 0.4) is 0 Å². The van der Waals surface area contributed by atoms with Gasteiger partial charge in [-0.3, -0.25) is 0 Å². The molecule has 1 aromatic rings. The molecule has 4 heteroatoms. The Labute approximate surface area is 109 Å². The van der Waals surface area contributed by atoms with Crippen LogP contribution < -0.4 is 15.2 Å². The molecule has 1 aromatic carbocycles. The molecule has 0 spiro atoms. The Kier molecular flexibility index (Phi) is 5.44. The van der Waals surface area contributed by atoms with Gasteiger partial charge in [-0.1, -0.05) is 13.8 Å². The van der Waals surface area contributed by atoms with Crippen LogP contribution in [-0.2, 0) is 0 Å². The van der Waals surface area contributed by atoms with Crippen LogP contribution in [0.15, 0.2) is 18.2 Å². The number of hydrogen-bond acceptors (Lipinski definition) is 4. The van der Waals surface area contributed by atoms with Gasteiger partial charge in [-0.2, -0.15) is 0 Å². The van der Waals surface area contributed by atoms with E-state index in [1.807, 2.05) is 12.1 Å². The van der Waals surface area contributed by atoms with Crippen LogP contribution in [0, 0.1) is 5.92 Å². The van der Waals surface area contributed by atoms with Crippen molar-refractivity contribution in [3.63, 3.8) is 0 Å². The predicted octanol–water partition coefficient (Wildman–Crippen LogP) is 2.11. The summed E-state index contributed by atoms with van der Waals surface area (Å²) in [5.41, 5.74) is 6.89. The van der Waals surface area contributed by atoms with Crippen LogP contribution in [0.25, 0.3) is 0 Å². The summed E-state index contributed by atoms with van der Waals surface area (Å²) in [7, 11) is 3.18. The van der Waals surface area contributed by atoms with Crippen molar-refractivity contribution in [2.45, 2.75) is 32.4 Å². The van der Waals surface area contributed by atoms with Crippen molar-refractivity contribution in [1.29, 1.82) is 0 Å². The van der Waals surface area contributed by atoms with E-state index in [9.17, 15) is 5.11 Å². The Hall–Kier alpha value is -1.26. The van der Waals surface area contributed by atoms with Crippen LogP contribution in [0.1, 0.15) is 31.9 Å². The van der Waals surface area contributed by atoms with E-state index in [1.54, 1.807) is 20.3 Å².